The van der Waals surface area contributed by atoms with Gasteiger partial charge in [0.05, 0.1) is 49.8 Å². The molecule has 3 aromatic rings. The first-order valence-corrected chi connectivity index (χ1v) is 12.4. The van der Waals surface area contributed by atoms with Gasteiger partial charge < -0.3 is 33.2 Å². The third-order valence-electron chi connectivity index (χ3n) is 6.80. The molecule has 11 heteroatoms. The van der Waals surface area contributed by atoms with Crippen molar-refractivity contribution < 1.29 is 51.1 Å². The van der Waals surface area contributed by atoms with E-state index in [1.54, 1.807) is 42.7 Å². The topological polar surface area (TPSA) is 81.7 Å². The van der Waals surface area contributed by atoms with Crippen molar-refractivity contribution in [2.24, 2.45) is 0 Å². The van der Waals surface area contributed by atoms with Crippen molar-refractivity contribution in [3.63, 3.8) is 0 Å². The van der Waals surface area contributed by atoms with Crippen molar-refractivity contribution >= 4 is 5.97 Å². The molecule has 0 saturated heterocycles. The highest BCUT2D eigenvalue weighted by molar-refractivity contribution is 5.75. The van der Waals surface area contributed by atoms with Crippen molar-refractivity contribution in [2.45, 2.75) is 24.4 Å². The summed E-state index contributed by atoms with van der Waals surface area (Å²) in [7, 11) is 10.7. The van der Waals surface area contributed by atoms with Crippen molar-refractivity contribution in [3.8, 4) is 34.5 Å². The first-order valence-electron chi connectivity index (χ1n) is 12.4. The van der Waals surface area contributed by atoms with Gasteiger partial charge in [-0.2, -0.15) is 13.2 Å². The summed E-state index contributed by atoms with van der Waals surface area (Å²) in [5.41, 5.74) is 4.50. The van der Waals surface area contributed by atoms with Crippen LogP contribution in [-0.2, 0) is 16.0 Å². The molecule has 41 heavy (non-hydrogen) atoms. The number of esters is 1. The van der Waals surface area contributed by atoms with E-state index in [4.69, 9.17) is 28.4 Å². The summed E-state index contributed by atoms with van der Waals surface area (Å²) in [5.74, 6) is 2.52. The highest BCUT2D eigenvalue weighted by Gasteiger charge is 2.40. The lowest BCUT2D eigenvalue weighted by Crippen LogP contribution is -2.23. The maximum absolute atomic E-state index is 11.0. The zero-order valence-electron chi connectivity index (χ0n) is 23.9. The fourth-order valence-electron chi connectivity index (χ4n) is 4.96. The Morgan fingerprint density at radius 2 is 1.22 bits per heavy atom. The van der Waals surface area contributed by atoms with E-state index in [9.17, 15) is 18.0 Å². The summed E-state index contributed by atoms with van der Waals surface area (Å²) in [6.07, 6.45) is -4.05. The summed E-state index contributed by atoms with van der Waals surface area (Å²) >= 11 is 0. The number of alkyl halides is 3. The fraction of sp³-hybridized carbons (Fsp3) is 0.367. The van der Waals surface area contributed by atoms with E-state index < -0.39 is 12.1 Å². The molecular weight excluding hydrogens is 545 g/mol. The van der Waals surface area contributed by atoms with E-state index >= 15 is 0 Å². The smallest absolute Gasteiger partial charge is 0.490 e. The van der Waals surface area contributed by atoms with Crippen LogP contribution in [0.2, 0.25) is 0 Å². The minimum Gasteiger partial charge on any atom is -0.497 e. The minimum atomic E-state index is -4.85. The lowest BCUT2D eigenvalue weighted by atomic mass is 9.81. The average Bonchev–Trinajstić information content (AvgIpc) is 3.38. The van der Waals surface area contributed by atoms with Gasteiger partial charge in [-0.05, 0) is 47.4 Å². The van der Waals surface area contributed by atoms with Crippen LogP contribution in [-0.4, -0.2) is 61.9 Å². The molecular formula is C30H33F3O8. The highest BCUT2D eigenvalue weighted by Crippen LogP contribution is 2.54. The highest BCUT2D eigenvalue weighted by atomic mass is 19.4. The molecule has 0 N–H and O–H groups in total. The maximum Gasteiger partial charge on any atom is 0.490 e. The van der Waals surface area contributed by atoms with Gasteiger partial charge in [-0.1, -0.05) is 6.07 Å². The number of fused-ring (bicyclic) bond motifs is 1. The van der Waals surface area contributed by atoms with Gasteiger partial charge in [0.1, 0.15) is 34.5 Å². The second-order valence-corrected chi connectivity index (χ2v) is 8.93. The molecule has 0 unspecified atom stereocenters. The van der Waals surface area contributed by atoms with E-state index in [-0.39, 0.29) is 11.8 Å². The van der Waals surface area contributed by atoms with Crippen molar-refractivity contribution in [1.82, 2.24) is 0 Å². The zero-order valence-corrected chi connectivity index (χ0v) is 23.9. The minimum absolute atomic E-state index is 0.00727. The first-order chi connectivity index (χ1) is 19.5. The molecule has 0 aliphatic heterocycles. The Balaban J connectivity index is 0.000000507. The maximum atomic E-state index is 11.0. The summed E-state index contributed by atoms with van der Waals surface area (Å²) in [5, 5.41) is 0. The predicted molar refractivity (Wildman–Crippen MR) is 145 cm³/mol. The van der Waals surface area contributed by atoms with Gasteiger partial charge in [-0.15, -0.1) is 0 Å². The molecule has 8 nitrogen and oxygen atoms in total. The molecule has 1 aliphatic carbocycles. The Bertz CT molecular complexity index is 1330. The van der Waals surface area contributed by atoms with E-state index in [2.05, 4.69) is 29.0 Å². The van der Waals surface area contributed by atoms with Crippen LogP contribution in [0.15, 0.2) is 48.5 Å². The molecule has 0 radical (unpaired) electrons. The van der Waals surface area contributed by atoms with Crippen LogP contribution >= 0.6 is 0 Å². The molecule has 0 amide bonds. The SMILES string of the molecule is COC(=O)C(F)(F)F.COc1cc(OC)cc([C@H]2c3c(cc(OC)cc3OC)C[C@@H]2c2ccc(OC)cc2OC)c1. The Morgan fingerprint density at radius 3 is 1.68 bits per heavy atom. The monoisotopic (exact) mass is 578 g/mol. The number of methoxy groups -OCH3 is 7. The number of rotatable bonds is 8. The van der Waals surface area contributed by atoms with Crippen LogP contribution in [0.4, 0.5) is 13.2 Å². The zero-order chi connectivity index (χ0) is 30.3. The summed E-state index contributed by atoms with van der Waals surface area (Å²) in [4.78, 5) is 9.49. The molecule has 222 valence electrons. The third-order valence-corrected chi connectivity index (χ3v) is 6.80. The van der Waals surface area contributed by atoms with Gasteiger partial charge in [-0.3, -0.25) is 0 Å². The lowest BCUT2D eigenvalue weighted by molar-refractivity contribution is -0.196. The van der Waals surface area contributed by atoms with E-state index in [1.165, 1.54) is 5.56 Å². The number of carbonyl (C=O) groups excluding carboxylic acids is 1. The Kier molecular flexibility index (Phi) is 10.2. The van der Waals surface area contributed by atoms with Gasteiger partial charge in [0.2, 0.25) is 0 Å². The Morgan fingerprint density at radius 1 is 0.683 bits per heavy atom. The number of ether oxygens (including phenoxy) is 7. The van der Waals surface area contributed by atoms with E-state index in [1.807, 2.05) is 24.3 Å². The lowest BCUT2D eigenvalue weighted by Gasteiger charge is -2.25. The molecule has 0 heterocycles. The van der Waals surface area contributed by atoms with Gasteiger partial charge in [0.15, 0.2) is 0 Å². The van der Waals surface area contributed by atoms with Crippen LogP contribution in [0, 0.1) is 0 Å². The van der Waals surface area contributed by atoms with Gasteiger partial charge in [0.25, 0.3) is 0 Å². The summed E-state index contributed by atoms with van der Waals surface area (Å²) in [6.45, 7) is 0. The molecule has 2 atom stereocenters. The van der Waals surface area contributed by atoms with Crippen LogP contribution in [0.1, 0.15) is 34.1 Å². The molecule has 0 spiro atoms. The van der Waals surface area contributed by atoms with Crippen LogP contribution in [0.5, 0.6) is 34.5 Å². The number of benzene rings is 3. The molecule has 0 saturated carbocycles. The number of hydrogen-bond donors (Lipinski definition) is 0. The standard InChI is InChI=1S/C27H30O6.C3H3F3O2/c1-28-18-7-8-22(24(14-18)32-5)23-12-17-11-21(31-4)15-25(33-6)27(17)26(23)16-9-19(29-2)13-20(10-16)30-3;1-8-2(7)3(4,5)6/h7-11,13-15,23,26H,12H2,1-6H3;1H3/t23-,26-;/m1./s1. The van der Waals surface area contributed by atoms with Crippen LogP contribution in [0.3, 0.4) is 0 Å². The fourth-order valence-corrected chi connectivity index (χ4v) is 4.96. The first kappa shape index (κ1) is 31.3. The van der Waals surface area contributed by atoms with E-state index in [0.717, 1.165) is 57.6 Å². The molecule has 0 fully saturated rings. The van der Waals surface area contributed by atoms with Crippen LogP contribution in [0.25, 0.3) is 0 Å². The van der Waals surface area contributed by atoms with Gasteiger partial charge >= 0.3 is 12.1 Å². The van der Waals surface area contributed by atoms with Crippen molar-refractivity contribution in [1.29, 1.82) is 0 Å². The Labute approximate surface area is 236 Å². The third kappa shape index (κ3) is 6.90. The quantitative estimate of drug-likeness (QED) is 0.304. The average molecular weight is 579 g/mol. The van der Waals surface area contributed by atoms with Crippen molar-refractivity contribution in [2.75, 3.05) is 49.8 Å². The van der Waals surface area contributed by atoms with Crippen molar-refractivity contribution in [3.05, 3.63) is 70.8 Å². The molecule has 4 rings (SSSR count). The van der Waals surface area contributed by atoms with E-state index in [0.29, 0.717) is 7.11 Å². The normalized spacial score (nSPS) is 15.6. The summed E-state index contributed by atoms with van der Waals surface area (Å²) < 4.78 is 70.1. The Hall–Kier alpha value is -4.28. The largest absolute Gasteiger partial charge is 0.497 e. The second-order valence-electron chi connectivity index (χ2n) is 8.93. The van der Waals surface area contributed by atoms with Crippen LogP contribution < -0.4 is 28.4 Å². The summed E-state index contributed by atoms with van der Waals surface area (Å²) in [6, 6.07) is 16.0. The number of carbonyl (C=O) groups is 1. The van der Waals surface area contributed by atoms with Gasteiger partial charge in [-0.25, -0.2) is 4.79 Å². The number of hydrogen-bond acceptors (Lipinski definition) is 8. The molecule has 0 aromatic heterocycles. The molecule has 0 bridgehead atoms. The molecule has 1 aliphatic rings. The number of halogens is 3. The predicted octanol–water partition coefficient (Wildman–Crippen LogP) is 5.93. The van der Waals surface area contributed by atoms with Gasteiger partial charge in [0, 0.05) is 35.6 Å². The second kappa shape index (κ2) is 13.4. The molecule has 3 aromatic carbocycles.